The van der Waals surface area contributed by atoms with Crippen molar-refractivity contribution in [3.05, 3.63) is 24.0 Å². The minimum atomic E-state index is -0.777. The van der Waals surface area contributed by atoms with Gasteiger partial charge in [0.05, 0.1) is 7.11 Å². The molecule has 2 aromatic rings. The van der Waals surface area contributed by atoms with Crippen LogP contribution in [0.15, 0.2) is 18.2 Å². The molecule has 1 saturated heterocycles. The zero-order valence-electron chi connectivity index (χ0n) is 17.6. The summed E-state index contributed by atoms with van der Waals surface area (Å²) in [6, 6.07) is 4.69. The maximum atomic E-state index is 12.8. The Morgan fingerprint density at radius 3 is 2.71 bits per heavy atom. The predicted octanol–water partition coefficient (Wildman–Crippen LogP) is 1.56. The second kappa shape index (κ2) is 8.32. The summed E-state index contributed by atoms with van der Waals surface area (Å²) < 4.78 is 6.87. The number of carbonyl (C=O) groups is 3. The molecule has 2 N–H and O–H groups in total. The summed E-state index contributed by atoms with van der Waals surface area (Å²) >= 11 is 0. The highest BCUT2D eigenvalue weighted by Gasteiger charge is 2.51. The van der Waals surface area contributed by atoms with E-state index in [0.717, 1.165) is 24.2 Å². The minimum absolute atomic E-state index is 0.000507. The molecule has 1 spiro atoms. The number of urea groups is 1. The highest BCUT2D eigenvalue weighted by molar-refractivity contribution is 6.07. The van der Waals surface area contributed by atoms with Gasteiger partial charge in [-0.05, 0) is 48.4 Å². The Bertz CT molecular complexity index is 1010. The van der Waals surface area contributed by atoms with E-state index in [1.54, 1.807) is 25.1 Å². The Hall–Kier alpha value is -3.50. The Morgan fingerprint density at radius 1 is 1.26 bits per heavy atom. The zero-order chi connectivity index (χ0) is 22.0. The first-order chi connectivity index (χ1) is 14.9. The van der Waals surface area contributed by atoms with Crippen molar-refractivity contribution in [2.45, 2.75) is 51.0 Å². The van der Waals surface area contributed by atoms with Gasteiger partial charge in [0.15, 0.2) is 5.82 Å². The minimum Gasteiger partial charge on any atom is -0.494 e. The van der Waals surface area contributed by atoms with Gasteiger partial charge in [0.2, 0.25) is 5.91 Å². The van der Waals surface area contributed by atoms with Gasteiger partial charge in [0, 0.05) is 18.7 Å². The molecule has 11 nitrogen and oxygen atoms in total. The van der Waals surface area contributed by atoms with E-state index >= 15 is 0 Å². The van der Waals surface area contributed by atoms with Gasteiger partial charge in [-0.15, -0.1) is 5.10 Å². The summed E-state index contributed by atoms with van der Waals surface area (Å²) in [5.74, 6) is 0.586. The van der Waals surface area contributed by atoms with Crippen molar-refractivity contribution in [2.75, 3.05) is 19.0 Å². The van der Waals surface area contributed by atoms with E-state index in [1.807, 2.05) is 0 Å². The second-order valence-corrected chi connectivity index (χ2v) is 7.85. The number of tetrazole rings is 1. The van der Waals surface area contributed by atoms with Crippen LogP contribution in [0.1, 0.15) is 44.3 Å². The van der Waals surface area contributed by atoms with Crippen molar-refractivity contribution in [2.24, 2.45) is 0 Å². The number of anilines is 1. The molecule has 0 bridgehead atoms. The number of hydrogen-bond acceptors (Lipinski definition) is 7. The van der Waals surface area contributed by atoms with E-state index in [-0.39, 0.29) is 24.8 Å². The van der Waals surface area contributed by atoms with Gasteiger partial charge >= 0.3 is 6.03 Å². The van der Waals surface area contributed by atoms with Crippen LogP contribution in [0.2, 0.25) is 0 Å². The third-order valence-electron chi connectivity index (χ3n) is 5.83. The Morgan fingerprint density at radius 2 is 2.03 bits per heavy atom. The van der Waals surface area contributed by atoms with E-state index in [9.17, 15) is 14.4 Å². The van der Waals surface area contributed by atoms with Crippen molar-refractivity contribution in [1.29, 1.82) is 0 Å². The number of nitrogens with zero attached hydrogens (tertiary/aromatic N) is 5. The molecule has 1 aromatic heterocycles. The van der Waals surface area contributed by atoms with Gasteiger partial charge in [-0.1, -0.05) is 19.3 Å². The molecule has 2 aliphatic rings. The highest BCUT2D eigenvalue weighted by Crippen LogP contribution is 2.33. The molecule has 1 aliphatic heterocycles. The number of aryl methyl sites for hydroxylation is 1. The summed E-state index contributed by atoms with van der Waals surface area (Å²) in [4.78, 5) is 38.8. The van der Waals surface area contributed by atoms with E-state index in [1.165, 1.54) is 11.8 Å². The van der Waals surface area contributed by atoms with Crippen LogP contribution in [-0.2, 0) is 9.59 Å². The van der Waals surface area contributed by atoms with Gasteiger partial charge in [-0.25, -0.2) is 4.79 Å². The van der Waals surface area contributed by atoms with Crippen LogP contribution in [-0.4, -0.2) is 62.1 Å². The van der Waals surface area contributed by atoms with Gasteiger partial charge < -0.3 is 15.4 Å². The third kappa shape index (κ3) is 3.94. The van der Waals surface area contributed by atoms with Gasteiger partial charge in [-0.3, -0.25) is 14.5 Å². The quantitative estimate of drug-likeness (QED) is 0.669. The first kappa shape index (κ1) is 20.8. The first-order valence-corrected chi connectivity index (χ1v) is 10.3. The smallest absolute Gasteiger partial charge is 0.325 e. The van der Waals surface area contributed by atoms with Crippen LogP contribution in [0.5, 0.6) is 5.75 Å². The summed E-state index contributed by atoms with van der Waals surface area (Å²) in [6.07, 6.45) is 4.22. The number of benzene rings is 1. The van der Waals surface area contributed by atoms with Crippen LogP contribution >= 0.6 is 0 Å². The number of ether oxygens (including phenoxy) is 1. The second-order valence-electron chi connectivity index (χ2n) is 7.85. The number of amides is 4. The monoisotopic (exact) mass is 427 g/mol. The lowest BCUT2D eigenvalue weighted by Crippen LogP contribution is -2.48. The molecular weight excluding hydrogens is 402 g/mol. The van der Waals surface area contributed by atoms with E-state index < -0.39 is 11.6 Å². The summed E-state index contributed by atoms with van der Waals surface area (Å²) in [5, 5.41) is 17.1. The van der Waals surface area contributed by atoms with Crippen LogP contribution in [0.3, 0.4) is 0 Å². The number of carbonyl (C=O) groups excluding carboxylic acids is 3. The lowest BCUT2D eigenvalue weighted by Gasteiger charge is -2.30. The first-order valence-electron chi connectivity index (χ1n) is 10.3. The molecule has 164 valence electrons. The average Bonchev–Trinajstić information content (AvgIpc) is 3.28. The number of hydrogen-bond donors (Lipinski definition) is 2. The summed E-state index contributed by atoms with van der Waals surface area (Å²) in [7, 11) is 1.54. The fraction of sp³-hybridized carbons (Fsp3) is 0.500. The van der Waals surface area contributed by atoms with Crippen molar-refractivity contribution >= 4 is 23.5 Å². The van der Waals surface area contributed by atoms with Crippen molar-refractivity contribution in [3.63, 3.8) is 0 Å². The van der Waals surface area contributed by atoms with Crippen LogP contribution in [0.25, 0.3) is 5.69 Å². The largest absolute Gasteiger partial charge is 0.494 e. The predicted molar refractivity (Wildman–Crippen MR) is 110 cm³/mol. The molecule has 0 radical (unpaired) electrons. The zero-order valence-corrected chi connectivity index (χ0v) is 17.6. The molecule has 31 heavy (non-hydrogen) atoms. The molecule has 2 heterocycles. The molecule has 0 unspecified atom stereocenters. The van der Waals surface area contributed by atoms with Gasteiger partial charge in [0.25, 0.3) is 5.91 Å². The Labute approximate surface area is 179 Å². The van der Waals surface area contributed by atoms with E-state index in [2.05, 4.69) is 26.2 Å². The topological polar surface area (TPSA) is 131 Å². The van der Waals surface area contributed by atoms with Gasteiger partial charge in [0.1, 0.15) is 17.0 Å². The van der Waals surface area contributed by atoms with E-state index in [0.29, 0.717) is 35.8 Å². The lowest BCUT2D eigenvalue weighted by molar-refractivity contribution is -0.132. The Balaban J connectivity index is 1.41. The van der Waals surface area contributed by atoms with E-state index in [4.69, 9.17) is 4.74 Å². The van der Waals surface area contributed by atoms with Gasteiger partial charge in [-0.2, -0.15) is 4.68 Å². The van der Waals surface area contributed by atoms with Crippen LogP contribution < -0.4 is 15.4 Å². The van der Waals surface area contributed by atoms with Crippen molar-refractivity contribution in [1.82, 2.24) is 30.4 Å². The summed E-state index contributed by atoms with van der Waals surface area (Å²) in [5.41, 5.74) is 0.327. The molecule has 1 saturated carbocycles. The molecule has 2 fully saturated rings. The highest BCUT2D eigenvalue weighted by atomic mass is 16.5. The maximum Gasteiger partial charge on any atom is 0.325 e. The van der Waals surface area contributed by atoms with Crippen LogP contribution in [0, 0.1) is 6.92 Å². The molecule has 11 heteroatoms. The molecule has 4 amide bonds. The molecule has 4 rings (SSSR count). The number of aromatic nitrogens is 4. The van der Waals surface area contributed by atoms with Crippen molar-refractivity contribution < 1.29 is 19.1 Å². The standard InChI is InChI=1S/C20H25N7O4/c1-13-23-24-25-27(13)15-12-14(6-7-16(15)31-2)21-17(28)8-11-26-18(29)20(22-19(26)30)9-4-3-5-10-20/h6-7,12H,3-5,8-11H2,1-2H3,(H,21,28)(H,22,30). The maximum absolute atomic E-state index is 12.8. The number of imide groups is 1. The lowest BCUT2D eigenvalue weighted by atomic mass is 9.82. The van der Waals surface area contributed by atoms with Crippen LogP contribution in [0.4, 0.5) is 10.5 Å². The molecule has 0 atom stereocenters. The van der Waals surface area contributed by atoms with Crippen molar-refractivity contribution in [3.8, 4) is 11.4 Å². The SMILES string of the molecule is COc1ccc(NC(=O)CCN2C(=O)NC3(CCCCC3)C2=O)cc1-n1nnnc1C. The number of rotatable bonds is 6. The fourth-order valence-electron chi connectivity index (χ4n) is 4.20. The number of nitrogens with one attached hydrogen (secondary N) is 2. The molecule has 1 aromatic carbocycles. The third-order valence-corrected chi connectivity index (χ3v) is 5.83. The average molecular weight is 427 g/mol. The summed E-state index contributed by atoms with van der Waals surface area (Å²) in [6.45, 7) is 1.79. The molecular formula is C20H25N7O4. The number of methoxy groups -OCH3 is 1. The normalized spacial score (nSPS) is 17.7. The Kier molecular flexibility index (Phi) is 5.57. The fourth-order valence-corrected chi connectivity index (χ4v) is 4.20. The molecule has 1 aliphatic carbocycles.